The number of aromatic nitrogens is 1. The van der Waals surface area contributed by atoms with Gasteiger partial charge in [-0.25, -0.2) is 18.6 Å². The van der Waals surface area contributed by atoms with E-state index in [4.69, 9.17) is 4.74 Å². The zero-order valence-corrected chi connectivity index (χ0v) is 21.4. The van der Waals surface area contributed by atoms with Gasteiger partial charge in [-0.2, -0.15) is 0 Å². The maximum atomic E-state index is 13.6. The molecule has 1 aliphatic rings. The number of amides is 3. The first-order valence-corrected chi connectivity index (χ1v) is 12.3. The second-order valence-corrected chi connectivity index (χ2v) is 9.52. The number of anilines is 1. The summed E-state index contributed by atoms with van der Waals surface area (Å²) >= 11 is 0. The van der Waals surface area contributed by atoms with E-state index in [1.54, 1.807) is 43.3 Å². The lowest BCUT2D eigenvalue weighted by Gasteiger charge is -2.37. The standard InChI is InChI=1S/C28H30F2N4O4/c1-17-14-34(18(2)16-35)27(36)24-12-20(19-4-6-21(29)7-5-19)13-31-26(24)38-25(17)15-33(3)28(37)32-23-10-8-22(30)9-11-23/h4-13,17-18,25,35H,14-16H2,1-3H3,(H,32,37)/t17-,18+,25+/m1/s1. The average Bonchev–Trinajstić information content (AvgIpc) is 2.91. The van der Waals surface area contributed by atoms with Crippen LogP contribution in [-0.4, -0.2) is 70.7 Å². The van der Waals surface area contributed by atoms with Gasteiger partial charge >= 0.3 is 6.03 Å². The average molecular weight is 525 g/mol. The van der Waals surface area contributed by atoms with Crippen molar-refractivity contribution in [2.75, 3.05) is 32.1 Å². The summed E-state index contributed by atoms with van der Waals surface area (Å²) in [6.45, 7) is 3.87. The van der Waals surface area contributed by atoms with Gasteiger partial charge in [0, 0.05) is 37.0 Å². The molecule has 38 heavy (non-hydrogen) atoms. The number of ether oxygens (including phenoxy) is 1. The number of rotatable bonds is 6. The van der Waals surface area contributed by atoms with Gasteiger partial charge in [0.25, 0.3) is 5.91 Å². The maximum Gasteiger partial charge on any atom is 0.321 e. The third-order valence-corrected chi connectivity index (χ3v) is 6.59. The quantitative estimate of drug-likeness (QED) is 0.498. The Kier molecular flexibility index (Phi) is 8.21. The second kappa shape index (κ2) is 11.6. The molecule has 3 amide bonds. The molecule has 0 radical (unpaired) electrons. The highest BCUT2D eigenvalue weighted by molar-refractivity contribution is 5.98. The lowest BCUT2D eigenvalue weighted by Crippen LogP contribution is -2.50. The Morgan fingerprint density at radius 3 is 2.42 bits per heavy atom. The van der Waals surface area contributed by atoms with Crippen molar-refractivity contribution in [3.8, 4) is 17.0 Å². The van der Waals surface area contributed by atoms with Gasteiger partial charge in [-0.05, 0) is 55.0 Å². The number of fused-ring (bicyclic) bond motifs is 1. The summed E-state index contributed by atoms with van der Waals surface area (Å²) in [5, 5.41) is 12.6. The fourth-order valence-electron chi connectivity index (χ4n) is 4.23. The van der Waals surface area contributed by atoms with E-state index in [-0.39, 0.29) is 48.8 Å². The summed E-state index contributed by atoms with van der Waals surface area (Å²) in [5.41, 5.74) is 1.95. The van der Waals surface area contributed by atoms with Gasteiger partial charge in [-0.1, -0.05) is 19.1 Å². The fourth-order valence-corrected chi connectivity index (χ4v) is 4.23. The van der Waals surface area contributed by atoms with Crippen LogP contribution in [0, 0.1) is 17.6 Å². The topological polar surface area (TPSA) is 95.0 Å². The van der Waals surface area contributed by atoms with E-state index in [2.05, 4.69) is 10.3 Å². The molecular weight excluding hydrogens is 494 g/mol. The third-order valence-electron chi connectivity index (χ3n) is 6.59. The molecule has 0 saturated heterocycles. The predicted octanol–water partition coefficient (Wildman–Crippen LogP) is 4.41. The summed E-state index contributed by atoms with van der Waals surface area (Å²) in [6, 6.07) is 12.1. The lowest BCUT2D eigenvalue weighted by molar-refractivity contribution is 0.0356. The van der Waals surface area contributed by atoms with Crippen LogP contribution in [0.2, 0.25) is 0 Å². The van der Waals surface area contributed by atoms with Crippen molar-refractivity contribution in [3.63, 3.8) is 0 Å². The molecule has 200 valence electrons. The van der Waals surface area contributed by atoms with Crippen LogP contribution < -0.4 is 10.1 Å². The molecule has 4 rings (SSSR count). The van der Waals surface area contributed by atoms with Gasteiger partial charge in [-0.15, -0.1) is 0 Å². The Balaban J connectivity index is 1.62. The Bertz CT molecular complexity index is 1290. The molecule has 2 aromatic carbocycles. The molecule has 0 fully saturated rings. The second-order valence-electron chi connectivity index (χ2n) is 9.52. The molecule has 1 aliphatic heterocycles. The van der Waals surface area contributed by atoms with Crippen molar-refractivity contribution in [3.05, 3.63) is 78.0 Å². The zero-order chi connectivity index (χ0) is 27.4. The first kappa shape index (κ1) is 27.0. The highest BCUT2D eigenvalue weighted by Crippen LogP contribution is 2.30. The van der Waals surface area contributed by atoms with E-state index in [0.29, 0.717) is 16.8 Å². The molecule has 0 spiro atoms. The number of benzene rings is 2. The first-order chi connectivity index (χ1) is 18.2. The van der Waals surface area contributed by atoms with Gasteiger partial charge < -0.3 is 25.0 Å². The van der Waals surface area contributed by atoms with E-state index in [0.717, 1.165) is 0 Å². The number of hydrogen-bond acceptors (Lipinski definition) is 5. The molecule has 0 saturated carbocycles. The molecular formula is C28H30F2N4O4. The van der Waals surface area contributed by atoms with Gasteiger partial charge in [-0.3, -0.25) is 4.79 Å². The molecule has 10 heteroatoms. The van der Waals surface area contributed by atoms with Crippen molar-refractivity contribution in [1.82, 2.24) is 14.8 Å². The predicted molar refractivity (Wildman–Crippen MR) is 139 cm³/mol. The van der Waals surface area contributed by atoms with Crippen LogP contribution >= 0.6 is 0 Å². The molecule has 1 aromatic heterocycles. The van der Waals surface area contributed by atoms with Gasteiger partial charge in [0.05, 0.1) is 19.2 Å². The number of urea groups is 1. The van der Waals surface area contributed by atoms with Crippen molar-refractivity contribution in [2.24, 2.45) is 5.92 Å². The Hall–Kier alpha value is -4.05. The number of nitrogens with zero attached hydrogens (tertiary/aromatic N) is 3. The van der Waals surface area contributed by atoms with Crippen molar-refractivity contribution >= 4 is 17.6 Å². The van der Waals surface area contributed by atoms with Crippen LogP contribution in [-0.2, 0) is 0 Å². The van der Waals surface area contributed by atoms with E-state index in [1.807, 2.05) is 6.92 Å². The fraction of sp³-hybridized carbons (Fsp3) is 0.321. The minimum Gasteiger partial charge on any atom is -0.472 e. The minimum atomic E-state index is -0.539. The Morgan fingerprint density at radius 1 is 1.16 bits per heavy atom. The third kappa shape index (κ3) is 6.08. The Morgan fingerprint density at radius 2 is 1.79 bits per heavy atom. The van der Waals surface area contributed by atoms with E-state index < -0.39 is 24.0 Å². The summed E-state index contributed by atoms with van der Waals surface area (Å²) in [4.78, 5) is 33.8. The number of halogens is 2. The monoisotopic (exact) mass is 524 g/mol. The number of carbonyl (C=O) groups is 2. The van der Waals surface area contributed by atoms with E-state index in [1.165, 1.54) is 41.3 Å². The molecule has 8 nitrogen and oxygen atoms in total. The highest BCUT2D eigenvalue weighted by Gasteiger charge is 2.34. The number of hydrogen-bond donors (Lipinski definition) is 2. The van der Waals surface area contributed by atoms with Gasteiger partial charge in [0.1, 0.15) is 23.3 Å². The molecule has 3 aromatic rings. The number of aliphatic hydroxyl groups excluding tert-OH is 1. The van der Waals surface area contributed by atoms with Crippen molar-refractivity contribution in [2.45, 2.75) is 26.0 Å². The van der Waals surface area contributed by atoms with Crippen molar-refractivity contribution in [1.29, 1.82) is 0 Å². The molecule has 3 atom stereocenters. The molecule has 2 heterocycles. The summed E-state index contributed by atoms with van der Waals surface area (Å²) < 4.78 is 32.9. The van der Waals surface area contributed by atoms with Crippen LogP contribution in [0.4, 0.5) is 19.3 Å². The number of likely N-dealkylation sites (N-methyl/N-ethyl adjacent to an activating group) is 1. The number of pyridine rings is 1. The van der Waals surface area contributed by atoms with Gasteiger partial charge in [0.15, 0.2) is 0 Å². The maximum absolute atomic E-state index is 13.6. The first-order valence-electron chi connectivity index (χ1n) is 12.3. The number of carbonyl (C=O) groups excluding carboxylic acids is 2. The van der Waals surface area contributed by atoms with E-state index >= 15 is 0 Å². The summed E-state index contributed by atoms with van der Waals surface area (Å²) in [6.07, 6.45) is 1.01. The smallest absolute Gasteiger partial charge is 0.321 e. The normalized spacial score (nSPS) is 18.1. The van der Waals surface area contributed by atoms with Gasteiger partial charge in [0.2, 0.25) is 5.88 Å². The number of nitrogens with one attached hydrogen (secondary N) is 1. The SMILES string of the molecule is C[C@@H]1CN([C@@H](C)CO)C(=O)c2cc(-c3ccc(F)cc3)cnc2O[C@H]1CN(C)C(=O)Nc1ccc(F)cc1. The van der Waals surface area contributed by atoms with Crippen LogP contribution in [0.3, 0.4) is 0 Å². The summed E-state index contributed by atoms with van der Waals surface area (Å²) in [5.74, 6) is -1.23. The van der Waals surface area contributed by atoms with Crippen LogP contribution in [0.25, 0.3) is 11.1 Å². The van der Waals surface area contributed by atoms with Crippen LogP contribution in [0.5, 0.6) is 5.88 Å². The molecule has 2 N–H and O–H groups in total. The minimum absolute atomic E-state index is 0.111. The zero-order valence-electron chi connectivity index (χ0n) is 21.4. The summed E-state index contributed by atoms with van der Waals surface area (Å²) in [7, 11) is 1.61. The Labute approximate surface area is 219 Å². The number of aliphatic hydroxyl groups is 1. The lowest BCUT2D eigenvalue weighted by atomic mass is 9.99. The molecule has 0 bridgehead atoms. The molecule has 0 aliphatic carbocycles. The molecule has 0 unspecified atom stereocenters. The van der Waals surface area contributed by atoms with E-state index in [9.17, 15) is 23.5 Å². The van der Waals surface area contributed by atoms with Crippen LogP contribution in [0.1, 0.15) is 24.2 Å². The largest absolute Gasteiger partial charge is 0.472 e. The highest BCUT2D eigenvalue weighted by atomic mass is 19.1. The van der Waals surface area contributed by atoms with Crippen LogP contribution in [0.15, 0.2) is 60.8 Å². The van der Waals surface area contributed by atoms with Crippen molar-refractivity contribution < 1.29 is 28.2 Å².